The standard InChI is InChI=1S/C15H19N3O3/c1-10(18(2)15(20)9-17-14(19)8-16)13-7-11-5-3-4-6-12(11)21-13/h3-7,10H,8-9,16H2,1-2H3,(H,17,19). The molecule has 1 aromatic carbocycles. The first kappa shape index (κ1) is 15.1. The molecule has 0 bridgehead atoms. The summed E-state index contributed by atoms with van der Waals surface area (Å²) < 4.78 is 5.75. The minimum absolute atomic E-state index is 0.0723. The van der Waals surface area contributed by atoms with Gasteiger partial charge in [0, 0.05) is 12.4 Å². The highest BCUT2D eigenvalue weighted by Crippen LogP contribution is 2.26. The monoisotopic (exact) mass is 289 g/mol. The SMILES string of the molecule is CC(c1cc2ccccc2o1)N(C)C(=O)CNC(=O)CN. The molecule has 112 valence electrons. The van der Waals surface area contributed by atoms with Crippen molar-refractivity contribution in [2.24, 2.45) is 5.73 Å². The Hall–Kier alpha value is -2.34. The molecule has 1 heterocycles. The number of likely N-dealkylation sites (N-methyl/N-ethyl adjacent to an activating group) is 1. The van der Waals surface area contributed by atoms with E-state index in [4.69, 9.17) is 10.2 Å². The fourth-order valence-corrected chi connectivity index (χ4v) is 1.99. The van der Waals surface area contributed by atoms with Crippen LogP contribution in [0.1, 0.15) is 18.7 Å². The van der Waals surface area contributed by atoms with Gasteiger partial charge >= 0.3 is 0 Å². The van der Waals surface area contributed by atoms with Crippen molar-refractivity contribution in [2.75, 3.05) is 20.1 Å². The van der Waals surface area contributed by atoms with Gasteiger partial charge in [0.2, 0.25) is 11.8 Å². The average Bonchev–Trinajstić information content (AvgIpc) is 2.94. The van der Waals surface area contributed by atoms with E-state index in [1.807, 2.05) is 37.3 Å². The van der Waals surface area contributed by atoms with Gasteiger partial charge in [-0.1, -0.05) is 18.2 Å². The van der Waals surface area contributed by atoms with Gasteiger partial charge in [-0.25, -0.2) is 0 Å². The van der Waals surface area contributed by atoms with E-state index < -0.39 is 0 Å². The van der Waals surface area contributed by atoms with Crippen LogP contribution in [0.5, 0.6) is 0 Å². The minimum atomic E-state index is -0.354. The zero-order chi connectivity index (χ0) is 15.4. The van der Waals surface area contributed by atoms with Crippen molar-refractivity contribution in [3.05, 3.63) is 36.1 Å². The number of fused-ring (bicyclic) bond motifs is 1. The molecular weight excluding hydrogens is 270 g/mol. The van der Waals surface area contributed by atoms with Crippen molar-refractivity contribution in [3.63, 3.8) is 0 Å². The lowest BCUT2D eigenvalue weighted by atomic mass is 10.2. The zero-order valence-corrected chi connectivity index (χ0v) is 12.1. The Morgan fingerprint density at radius 1 is 1.38 bits per heavy atom. The lowest BCUT2D eigenvalue weighted by molar-refractivity contribution is -0.133. The van der Waals surface area contributed by atoms with Crippen LogP contribution in [-0.2, 0) is 9.59 Å². The first-order chi connectivity index (χ1) is 10.0. The molecular formula is C15H19N3O3. The Kier molecular flexibility index (Phi) is 4.59. The van der Waals surface area contributed by atoms with Gasteiger partial charge in [0.25, 0.3) is 0 Å². The maximum atomic E-state index is 12.0. The third-order valence-corrected chi connectivity index (χ3v) is 3.45. The van der Waals surface area contributed by atoms with Crippen molar-refractivity contribution in [2.45, 2.75) is 13.0 Å². The van der Waals surface area contributed by atoms with Crippen LogP contribution >= 0.6 is 0 Å². The molecule has 0 saturated heterocycles. The summed E-state index contributed by atoms with van der Waals surface area (Å²) >= 11 is 0. The Morgan fingerprint density at radius 3 is 2.76 bits per heavy atom. The average molecular weight is 289 g/mol. The van der Waals surface area contributed by atoms with Gasteiger partial charge in [0.1, 0.15) is 11.3 Å². The predicted molar refractivity (Wildman–Crippen MR) is 79.5 cm³/mol. The third-order valence-electron chi connectivity index (χ3n) is 3.45. The van der Waals surface area contributed by atoms with Crippen molar-refractivity contribution in [1.82, 2.24) is 10.2 Å². The number of rotatable bonds is 5. The van der Waals surface area contributed by atoms with E-state index in [9.17, 15) is 9.59 Å². The molecule has 2 rings (SSSR count). The zero-order valence-electron chi connectivity index (χ0n) is 12.1. The van der Waals surface area contributed by atoms with Gasteiger partial charge in [0.15, 0.2) is 0 Å². The highest BCUT2D eigenvalue weighted by atomic mass is 16.3. The molecule has 0 aliphatic rings. The van der Waals surface area contributed by atoms with Gasteiger partial charge in [-0.15, -0.1) is 0 Å². The van der Waals surface area contributed by atoms with Crippen LogP contribution in [0.4, 0.5) is 0 Å². The number of amides is 2. The van der Waals surface area contributed by atoms with Crippen LogP contribution in [0.25, 0.3) is 11.0 Å². The summed E-state index contributed by atoms with van der Waals surface area (Å²) in [6, 6.07) is 9.37. The molecule has 0 radical (unpaired) electrons. The normalized spacial score (nSPS) is 12.1. The number of nitrogens with zero attached hydrogens (tertiary/aromatic N) is 1. The number of benzene rings is 1. The summed E-state index contributed by atoms with van der Waals surface area (Å²) in [5, 5.41) is 3.46. The number of para-hydroxylation sites is 1. The number of hydrogen-bond donors (Lipinski definition) is 2. The van der Waals surface area contributed by atoms with Crippen LogP contribution in [0.15, 0.2) is 34.7 Å². The molecule has 6 nitrogen and oxygen atoms in total. The maximum Gasteiger partial charge on any atom is 0.242 e. The molecule has 0 aliphatic heterocycles. The lowest BCUT2D eigenvalue weighted by Crippen LogP contribution is -2.41. The summed E-state index contributed by atoms with van der Waals surface area (Å²) in [4.78, 5) is 24.6. The van der Waals surface area contributed by atoms with Gasteiger partial charge in [-0.05, 0) is 19.1 Å². The molecule has 0 spiro atoms. The van der Waals surface area contributed by atoms with Crippen LogP contribution in [-0.4, -0.2) is 36.9 Å². The molecule has 1 atom stereocenters. The quantitative estimate of drug-likeness (QED) is 0.860. The molecule has 0 saturated carbocycles. The molecule has 0 fully saturated rings. The fraction of sp³-hybridized carbons (Fsp3) is 0.333. The summed E-state index contributed by atoms with van der Waals surface area (Å²) in [5.74, 6) is 0.148. The van der Waals surface area contributed by atoms with Crippen LogP contribution in [0.3, 0.4) is 0 Å². The second-order valence-electron chi connectivity index (χ2n) is 4.85. The highest BCUT2D eigenvalue weighted by molar-refractivity contribution is 5.85. The van der Waals surface area contributed by atoms with Gasteiger partial charge in [0.05, 0.1) is 19.1 Å². The number of hydrogen-bond acceptors (Lipinski definition) is 4. The van der Waals surface area contributed by atoms with Gasteiger partial charge in [-0.2, -0.15) is 0 Å². The summed E-state index contributed by atoms with van der Waals surface area (Å²) in [6.07, 6.45) is 0. The molecule has 1 aromatic heterocycles. The Bertz CT molecular complexity index is 617. The van der Waals surface area contributed by atoms with E-state index in [0.717, 1.165) is 11.0 Å². The van der Waals surface area contributed by atoms with Crippen LogP contribution in [0, 0.1) is 0 Å². The van der Waals surface area contributed by atoms with E-state index in [1.54, 1.807) is 7.05 Å². The number of furan rings is 1. The van der Waals surface area contributed by atoms with Crippen molar-refractivity contribution < 1.29 is 14.0 Å². The van der Waals surface area contributed by atoms with Gasteiger partial charge in [-0.3, -0.25) is 9.59 Å². The first-order valence-corrected chi connectivity index (χ1v) is 6.74. The van der Waals surface area contributed by atoms with E-state index in [2.05, 4.69) is 5.32 Å². The second-order valence-corrected chi connectivity index (χ2v) is 4.85. The number of carbonyl (C=O) groups excluding carboxylic acids is 2. The smallest absolute Gasteiger partial charge is 0.242 e. The highest BCUT2D eigenvalue weighted by Gasteiger charge is 2.20. The molecule has 6 heteroatoms. The molecule has 3 N–H and O–H groups in total. The molecule has 0 aliphatic carbocycles. The van der Waals surface area contributed by atoms with Crippen molar-refractivity contribution in [1.29, 1.82) is 0 Å². The topological polar surface area (TPSA) is 88.6 Å². The first-order valence-electron chi connectivity index (χ1n) is 6.74. The van der Waals surface area contributed by atoms with Gasteiger partial charge < -0.3 is 20.4 Å². The van der Waals surface area contributed by atoms with Crippen LogP contribution < -0.4 is 11.1 Å². The number of nitrogens with two attached hydrogens (primary N) is 1. The molecule has 2 aromatic rings. The lowest BCUT2D eigenvalue weighted by Gasteiger charge is -2.23. The number of nitrogens with one attached hydrogen (secondary N) is 1. The van der Waals surface area contributed by atoms with Crippen molar-refractivity contribution >= 4 is 22.8 Å². The maximum absolute atomic E-state index is 12.0. The van der Waals surface area contributed by atoms with E-state index >= 15 is 0 Å². The molecule has 21 heavy (non-hydrogen) atoms. The van der Waals surface area contributed by atoms with E-state index in [1.165, 1.54) is 4.90 Å². The van der Waals surface area contributed by atoms with Crippen LogP contribution in [0.2, 0.25) is 0 Å². The predicted octanol–water partition coefficient (Wildman–Crippen LogP) is 1.03. The minimum Gasteiger partial charge on any atom is -0.459 e. The van der Waals surface area contributed by atoms with E-state index in [-0.39, 0.29) is 30.9 Å². The van der Waals surface area contributed by atoms with Crippen molar-refractivity contribution in [3.8, 4) is 0 Å². The Morgan fingerprint density at radius 2 is 2.10 bits per heavy atom. The van der Waals surface area contributed by atoms with E-state index in [0.29, 0.717) is 5.76 Å². The third kappa shape index (κ3) is 3.41. The Labute approximate surface area is 122 Å². The largest absolute Gasteiger partial charge is 0.459 e. The summed E-state index contributed by atoms with van der Waals surface area (Å²) in [6.45, 7) is 1.67. The number of carbonyl (C=O) groups is 2. The second kappa shape index (κ2) is 6.41. The summed E-state index contributed by atoms with van der Waals surface area (Å²) in [7, 11) is 1.68. The summed E-state index contributed by atoms with van der Waals surface area (Å²) in [5.41, 5.74) is 5.96. The molecule has 2 amide bonds. The molecule has 1 unspecified atom stereocenters. The fourth-order valence-electron chi connectivity index (χ4n) is 1.99. The Balaban J connectivity index is 2.05.